The molecule has 110 valence electrons. The Labute approximate surface area is 120 Å². The van der Waals surface area contributed by atoms with Crippen molar-refractivity contribution in [1.29, 1.82) is 0 Å². The van der Waals surface area contributed by atoms with Crippen LogP contribution in [-0.2, 0) is 6.42 Å². The second-order valence-electron chi connectivity index (χ2n) is 5.07. The van der Waals surface area contributed by atoms with Gasteiger partial charge in [-0.1, -0.05) is 6.07 Å². The molecule has 0 saturated carbocycles. The summed E-state index contributed by atoms with van der Waals surface area (Å²) in [5.41, 5.74) is 7.53. The van der Waals surface area contributed by atoms with E-state index in [1.165, 1.54) is 19.1 Å². The molecule has 3 N–H and O–H groups in total. The number of hydrogen-bond acceptors (Lipinski definition) is 5. The summed E-state index contributed by atoms with van der Waals surface area (Å²) in [6.45, 7) is 1.33. The number of nitrogens with two attached hydrogens (primary N) is 1. The number of aromatic nitrogens is 3. The van der Waals surface area contributed by atoms with Gasteiger partial charge in [-0.3, -0.25) is 0 Å². The van der Waals surface area contributed by atoms with Gasteiger partial charge in [-0.05, 0) is 43.0 Å². The Morgan fingerprint density at radius 3 is 2.90 bits per heavy atom. The van der Waals surface area contributed by atoms with Gasteiger partial charge in [0.2, 0.25) is 11.9 Å². The summed E-state index contributed by atoms with van der Waals surface area (Å²) >= 11 is 0. The van der Waals surface area contributed by atoms with Crippen molar-refractivity contribution in [1.82, 2.24) is 15.0 Å². The summed E-state index contributed by atoms with van der Waals surface area (Å²) in [7, 11) is 0. The quantitative estimate of drug-likeness (QED) is 0.909. The van der Waals surface area contributed by atoms with Crippen LogP contribution in [0, 0.1) is 5.82 Å². The summed E-state index contributed by atoms with van der Waals surface area (Å²) in [5.74, 6) is -0.119. The van der Waals surface area contributed by atoms with E-state index in [0.29, 0.717) is 0 Å². The molecule has 21 heavy (non-hydrogen) atoms. The van der Waals surface area contributed by atoms with E-state index < -0.39 is 6.17 Å². The standard InChI is InChI=1S/C14H15F2N5/c1-7(15)12-19-13(17)21-14(20-12)18-11-5-3-8-2-4-9(16)6-10(8)11/h2,4,6-7,11H,3,5H2,1H3,(H3,17,18,19,20,21)/t7-,11+/m0/s1. The second-order valence-corrected chi connectivity index (χ2v) is 5.07. The molecule has 2 atom stereocenters. The van der Waals surface area contributed by atoms with Crippen molar-refractivity contribution in [2.24, 2.45) is 0 Å². The number of halogens is 2. The van der Waals surface area contributed by atoms with Gasteiger partial charge in [-0.15, -0.1) is 0 Å². The van der Waals surface area contributed by atoms with Gasteiger partial charge in [-0.25, -0.2) is 8.78 Å². The fourth-order valence-electron chi connectivity index (χ4n) is 2.53. The summed E-state index contributed by atoms with van der Waals surface area (Å²) in [6.07, 6.45) is 0.314. The van der Waals surface area contributed by atoms with Gasteiger partial charge in [0.05, 0.1) is 6.04 Å². The third-order valence-corrected chi connectivity index (χ3v) is 3.51. The fourth-order valence-corrected chi connectivity index (χ4v) is 2.53. The van der Waals surface area contributed by atoms with Crippen molar-refractivity contribution in [3.05, 3.63) is 41.0 Å². The van der Waals surface area contributed by atoms with E-state index in [-0.39, 0.29) is 29.6 Å². The Morgan fingerprint density at radius 2 is 2.14 bits per heavy atom. The molecule has 3 rings (SSSR count). The van der Waals surface area contributed by atoms with Crippen molar-refractivity contribution in [3.63, 3.8) is 0 Å². The van der Waals surface area contributed by atoms with E-state index in [2.05, 4.69) is 20.3 Å². The molecule has 5 nitrogen and oxygen atoms in total. The predicted molar refractivity (Wildman–Crippen MR) is 74.8 cm³/mol. The fraction of sp³-hybridized carbons (Fsp3) is 0.357. The van der Waals surface area contributed by atoms with Gasteiger partial charge in [0.25, 0.3) is 0 Å². The van der Waals surface area contributed by atoms with E-state index in [1.807, 2.05) is 0 Å². The normalized spacial score (nSPS) is 18.3. The molecule has 1 aliphatic rings. The summed E-state index contributed by atoms with van der Waals surface area (Å²) in [5, 5.41) is 3.08. The Hall–Kier alpha value is -2.31. The molecule has 7 heteroatoms. The number of nitrogens with one attached hydrogen (secondary N) is 1. The number of nitrogen functional groups attached to an aromatic ring is 1. The maximum absolute atomic E-state index is 13.4. The zero-order valence-electron chi connectivity index (χ0n) is 11.5. The van der Waals surface area contributed by atoms with Crippen LogP contribution in [0.25, 0.3) is 0 Å². The minimum absolute atomic E-state index is 0.0116. The number of aryl methyl sites for hydroxylation is 1. The van der Waals surface area contributed by atoms with E-state index in [1.54, 1.807) is 6.07 Å². The summed E-state index contributed by atoms with van der Waals surface area (Å²) < 4.78 is 26.7. The molecule has 0 amide bonds. The average molecular weight is 291 g/mol. The Balaban J connectivity index is 1.87. The SMILES string of the molecule is C[C@H](F)c1nc(N)nc(N[C@@H]2CCc3ccc(F)cc32)n1. The van der Waals surface area contributed by atoms with Gasteiger partial charge < -0.3 is 11.1 Å². The van der Waals surface area contributed by atoms with Crippen molar-refractivity contribution < 1.29 is 8.78 Å². The molecule has 1 aromatic heterocycles. The van der Waals surface area contributed by atoms with Gasteiger partial charge in [0.1, 0.15) is 5.82 Å². The van der Waals surface area contributed by atoms with Crippen LogP contribution >= 0.6 is 0 Å². The topological polar surface area (TPSA) is 76.7 Å². The zero-order valence-corrected chi connectivity index (χ0v) is 11.5. The third-order valence-electron chi connectivity index (χ3n) is 3.51. The first kappa shape index (κ1) is 13.7. The van der Waals surface area contributed by atoms with Crippen LogP contribution in [0.5, 0.6) is 0 Å². The van der Waals surface area contributed by atoms with E-state index in [4.69, 9.17) is 5.73 Å². The number of alkyl halides is 1. The molecule has 0 bridgehead atoms. The summed E-state index contributed by atoms with van der Waals surface area (Å²) in [4.78, 5) is 11.7. The minimum atomic E-state index is -1.33. The molecule has 1 aliphatic carbocycles. The van der Waals surface area contributed by atoms with Crippen molar-refractivity contribution in [2.45, 2.75) is 32.0 Å². The molecule has 0 aliphatic heterocycles. The molecule has 0 radical (unpaired) electrons. The number of benzene rings is 1. The van der Waals surface area contributed by atoms with Gasteiger partial charge >= 0.3 is 0 Å². The highest BCUT2D eigenvalue weighted by Crippen LogP contribution is 2.33. The zero-order chi connectivity index (χ0) is 15.0. The van der Waals surface area contributed by atoms with Crippen LogP contribution in [0.3, 0.4) is 0 Å². The minimum Gasteiger partial charge on any atom is -0.368 e. The number of nitrogens with zero attached hydrogens (tertiary/aromatic N) is 3. The lowest BCUT2D eigenvalue weighted by atomic mass is 10.1. The Kier molecular flexibility index (Phi) is 3.40. The van der Waals surface area contributed by atoms with Gasteiger partial charge in [-0.2, -0.15) is 15.0 Å². The number of rotatable bonds is 3. The predicted octanol–water partition coefficient (Wildman–Crippen LogP) is 2.72. The smallest absolute Gasteiger partial charge is 0.228 e. The Morgan fingerprint density at radius 1 is 1.33 bits per heavy atom. The molecule has 0 unspecified atom stereocenters. The molecule has 0 fully saturated rings. The first-order chi connectivity index (χ1) is 10.0. The highest BCUT2D eigenvalue weighted by Gasteiger charge is 2.24. The lowest BCUT2D eigenvalue weighted by Crippen LogP contribution is -2.13. The maximum Gasteiger partial charge on any atom is 0.228 e. The third kappa shape index (κ3) is 2.76. The average Bonchev–Trinajstić information content (AvgIpc) is 2.80. The number of fused-ring (bicyclic) bond motifs is 1. The summed E-state index contributed by atoms with van der Waals surface area (Å²) in [6, 6.07) is 4.62. The first-order valence-electron chi connectivity index (χ1n) is 6.73. The van der Waals surface area contributed by atoms with Crippen LogP contribution in [0.15, 0.2) is 18.2 Å². The highest BCUT2D eigenvalue weighted by atomic mass is 19.1. The van der Waals surface area contributed by atoms with Crippen LogP contribution in [0.2, 0.25) is 0 Å². The first-order valence-corrected chi connectivity index (χ1v) is 6.73. The molecule has 0 spiro atoms. The lowest BCUT2D eigenvalue weighted by molar-refractivity contribution is 0.356. The van der Waals surface area contributed by atoms with Crippen LogP contribution in [-0.4, -0.2) is 15.0 Å². The number of hydrogen-bond donors (Lipinski definition) is 2. The van der Waals surface area contributed by atoms with Crippen LogP contribution in [0.4, 0.5) is 20.7 Å². The van der Waals surface area contributed by atoms with E-state index in [0.717, 1.165) is 24.0 Å². The van der Waals surface area contributed by atoms with E-state index in [9.17, 15) is 8.78 Å². The molecule has 1 heterocycles. The lowest BCUT2D eigenvalue weighted by Gasteiger charge is -2.15. The maximum atomic E-state index is 13.4. The Bertz CT molecular complexity index is 674. The van der Waals surface area contributed by atoms with Crippen molar-refractivity contribution in [2.75, 3.05) is 11.1 Å². The monoisotopic (exact) mass is 291 g/mol. The van der Waals surface area contributed by atoms with Crippen molar-refractivity contribution >= 4 is 11.9 Å². The molecular formula is C14H15F2N5. The van der Waals surface area contributed by atoms with Crippen molar-refractivity contribution in [3.8, 4) is 0 Å². The largest absolute Gasteiger partial charge is 0.368 e. The molecule has 0 saturated heterocycles. The number of anilines is 2. The van der Waals surface area contributed by atoms with E-state index >= 15 is 0 Å². The van der Waals surface area contributed by atoms with Gasteiger partial charge in [0, 0.05) is 0 Å². The molecular weight excluding hydrogens is 276 g/mol. The molecule has 1 aromatic carbocycles. The molecule has 2 aromatic rings. The van der Waals surface area contributed by atoms with Crippen LogP contribution < -0.4 is 11.1 Å². The highest BCUT2D eigenvalue weighted by molar-refractivity contribution is 5.42. The second kappa shape index (κ2) is 5.23. The van der Waals surface area contributed by atoms with Gasteiger partial charge in [0.15, 0.2) is 12.0 Å². The van der Waals surface area contributed by atoms with Crippen LogP contribution in [0.1, 0.15) is 42.5 Å².